The Morgan fingerprint density at radius 1 is 1.42 bits per heavy atom. The molecule has 1 aromatic carbocycles. The Bertz CT molecular complexity index is 1240. The molecule has 1 aromatic heterocycles. The predicted molar refractivity (Wildman–Crippen MR) is 122 cm³/mol. The Labute approximate surface area is 203 Å². The quantitative estimate of drug-likeness (QED) is 0.109. The Hall–Kier alpha value is -3.49. The molecule has 36 heavy (non-hydrogen) atoms. The molecule has 0 spiro atoms. The number of carbonyl (C=O) groups is 1. The van der Waals surface area contributed by atoms with Crippen LogP contribution in [0.3, 0.4) is 0 Å². The van der Waals surface area contributed by atoms with Crippen LogP contribution in [0.2, 0.25) is 0 Å². The highest BCUT2D eigenvalue weighted by molar-refractivity contribution is 7.52. The van der Waals surface area contributed by atoms with E-state index in [2.05, 4.69) is 24.8 Å². The minimum atomic E-state index is -4.44. The topological polar surface area (TPSA) is 233 Å². The highest BCUT2D eigenvalue weighted by Gasteiger charge is 2.56. The standard InChI is InChI=1S/C19H24N7O9P/c1-11(17(29)32-2)23-36(31,35-12-6-4-3-5-7-12)33-10-19(24-25-21)15(28)14(27)16(34-19)26-9-8-13(20)22-18(26)30/h3-9,11,14-16,27-28H,10H2,1-2H3,(H,23,31)(H2,20,22,30)/t11-,14+,15-,16+,19?,36?/m0/s1. The first-order valence-electron chi connectivity index (χ1n) is 10.3. The number of azide groups is 1. The molecule has 0 amide bonds. The lowest BCUT2D eigenvalue weighted by Gasteiger charge is -2.29. The van der Waals surface area contributed by atoms with Crippen molar-refractivity contribution in [3.63, 3.8) is 0 Å². The maximum Gasteiger partial charge on any atom is 0.459 e. The van der Waals surface area contributed by atoms with Crippen molar-refractivity contribution in [2.75, 3.05) is 19.5 Å². The predicted octanol–water partition coefficient (Wildman–Crippen LogP) is 0.438. The fraction of sp³-hybridized carbons (Fsp3) is 0.421. The number of esters is 1. The molecular weight excluding hydrogens is 501 g/mol. The molecule has 1 aliphatic rings. The van der Waals surface area contributed by atoms with Crippen LogP contribution < -0.4 is 21.0 Å². The van der Waals surface area contributed by atoms with Crippen LogP contribution in [0.15, 0.2) is 52.5 Å². The average molecular weight is 525 g/mol. The lowest BCUT2D eigenvalue weighted by Crippen LogP contribution is -2.45. The van der Waals surface area contributed by atoms with Gasteiger partial charge in [-0.15, -0.1) is 0 Å². The van der Waals surface area contributed by atoms with Gasteiger partial charge >= 0.3 is 19.4 Å². The van der Waals surface area contributed by atoms with Crippen molar-refractivity contribution in [3.8, 4) is 5.75 Å². The number of aromatic nitrogens is 2. The zero-order valence-corrected chi connectivity index (χ0v) is 20.0. The molecule has 194 valence electrons. The van der Waals surface area contributed by atoms with Crippen molar-refractivity contribution >= 4 is 19.5 Å². The van der Waals surface area contributed by atoms with Crippen LogP contribution in [0.25, 0.3) is 10.4 Å². The van der Waals surface area contributed by atoms with Crippen LogP contribution >= 0.6 is 7.75 Å². The van der Waals surface area contributed by atoms with Crippen LogP contribution in [-0.4, -0.2) is 63.4 Å². The van der Waals surface area contributed by atoms with Gasteiger partial charge in [0.1, 0.15) is 29.8 Å². The van der Waals surface area contributed by atoms with Gasteiger partial charge in [0.15, 0.2) is 6.23 Å². The van der Waals surface area contributed by atoms with Gasteiger partial charge in [-0.1, -0.05) is 23.3 Å². The van der Waals surface area contributed by atoms with E-state index >= 15 is 0 Å². The number of anilines is 1. The first-order chi connectivity index (χ1) is 17.0. The van der Waals surface area contributed by atoms with E-state index in [4.69, 9.17) is 25.0 Å². The molecule has 16 nitrogen and oxygen atoms in total. The van der Waals surface area contributed by atoms with E-state index < -0.39 is 56.2 Å². The summed E-state index contributed by atoms with van der Waals surface area (Å²) in [5.41, 5.74) is 11.3. The van der Waals surface area contributed by atoms with E-state index in [1.807, 2.05) is 0 Å². The largest absolute Gasteiger partial charge is 0.468 e. The number of aliphatic hydroxyl groups is 2. The molecule has 5 N–H and O–H groups in total. The number of hydrogen-bond acceptors (Lipinski definition) is 12. The molecule has 17 heteroatoms. The summed E-state index contributed by atoms with van der Waals surface area (Å²) in [5, 5.41) is 27.1. The summed E-state index contributed by atoms with van der Waals surface area (Å²) in [4.78, 5) is 30.3. The van der Waals surface area contributed by atoms with Gasteiger partial charge < -0.3 is 29.9 Å². The molecule has 2 heterocycles. The Morgan fingerprint density at radius 3 is 2.72 bits per heavy atom. The Morgan fingerprint density at radius 2 is 2.11 bits per heavy atom. The summed E-state index contributed by atoms with van der Waals surface area (Å²) < 4.78 is 35.5. The highest BCUT2D eigenvalue weighted by atomic mass is 31.2. The maximum atomic E-state index is 13.6. The monoisotopic (exact) mass is 525 g/mol. The molecule has 1 saturated heterocycles. The summed E-state index contributed by atoms with van der Waals surface area (Å²) in [7, 11) is -3.32. The van der Waals surface area contributed by atoms with Crippen molar-refractivity contribution in [2.24, 2.45) is 5.11 Å². The number of hydrogen-bond donors (Lipinski definition) is 4. The van der Waals surface area contributed by atoms with Crippen molar-refractivity contribution in [3.05, 3.63) is 63.5 Å². The lowest BCUT2D eigenvalue weighted by atomic mass is 10.1. The van der Waals surface area contributed by atoms with E-state index in [-0.39, 0.29) is 11.6 Å². The third-order valence-electron chi connectivity index (χ3n) is 5.06. The number of aliphatic hydroxyl groups excluding tert-OH is 2. The second-order valence-electron chi connectivity index (χ2n) is 7.57. The van der Waals surface area contributed by atoms with Gasteiger partial charge in [-0.05, 0) is 30.7 Å². The molecule has 0 radical (unpaired) electrons. The first-order valence-corrected chi connectivity index (χ1v) is 11.9. The zero-order valence-electron chi connectivity index (χ0n) is 19.1. The SMILES string of the molecule is COC(=O)[C@H](C)NP(=O)(OCC1(N=[N+]=[N-])O[C@@H](n2ccc(N)nc2=O)[C@H](O)[C@@H]1O)Oc1ccccc1. The second kappa shape index (κ2) is 11.1. The molecule has 0 aliphatic carbocycles. The van der Waals surface area contributed by atoms with Crippen LogP contribution in [0.5, 0.6) is 5.75 Å². The van der Waals surface area contributed by atoms with Crippen molar-refractivity contribution in [1.82, 2.24) is 14.6 Å². The van der Waals surface area contributed by atoms with Crippen molar-refractivity contribution < 1.29 is 38.1 Å². The molecule has 0 saturated carbocycles. The normalized spacial score (nSPS) is 25.8. The number of nitrogen functional groups attached to an aromatic ring is 1. The lowest BCUT2D eigenvalue weighted by molar-refractivity contribution is -0.142. The van der Waals surface area contributed by atoms with Gasteiger partial charge in [0.05, 0.1) is 13.7 Å². The van der Waals surface area contributed by atoms with Gasteiger partial charge in [-0.2, -0.15) is 10.1 Å². The highest BCUT2D eigenvalue weighted by Crippen LogP contribution is 2.48. The Balaban J connectivity index is 1.91. The number of ether oxygens (including phenoxy) is 2. The molecule has 3 rings (SSSR count). The third kappa shape index (κ3) is 5.83. The van der Waals surface area contributed by atoms with E-state index in [9.17, 15) is 24.4 Å². The maximum absolute atomic E-state index is 13.6. The van der Waals surface area contributed by atoms with Gasteiger partial charge in [0, 0.05) is 11.1 Å². The molecule has 1 aliphatic heterocycles. The summed E-state index contributed by atoms with van der Waals surface area (Å²) in [5.74, 6) is -0.796. The summed E-state index contributed by atoms with van der Waals surface area (Å²) in [6.07, 6.45) is -4.18. The number of nitrogens with two attached hydrogens (primary N) is 1. The van der Waals surface area contributed by atoms with Crippen molar-refractivity contribution in [1.29, 1.82) is 0 Å². The van der Waals surface area contributed by atoms with E-state index in [0.29, 0.717) is 0 Å². The second-order valence-corrected chi connectivity index (χ2v) is 9.26. The number of benzene rings is 1. The van der Waals surface area contributed by atoms with Crippen LogP contribution in [0.1, 0.15) is 13.2 Å². The number of rotatable bonds is 10. The average Bonchev–Trinajstić information content (AvgIpc) is 3.08. The smallest absolute Gasteiger partial charge is 0.459 e. The van der Waals surface area contributed by atoms with Crippen LogP contribution in [-0.2, 0) is 23.4 Å². The van der Waals surface area contributed by atoms with Crippen molar-refractivity contribution in [2.45, 2.75) is 37.1 Å². The van der Waals surface area contributed by atoms with Gasteiger partial charge in [-0.25, -0.2) is 9.36 Å². The zero-order chi connectivity index (χ0) is 26.5. The summed E-state index contributed by atoms with van der Waals surface area (Å²) in [6.45, 7) is 0.397. The van der Waals surface area contributed by atoms with Gasteiger partial charge in [0.2, 0.25) is 5.72 Å². The van der Waals surface area contributed by atoms with E-state index in [0.717, 1.165) is 17.9 Å². The summed E-state index contributed by atoms with van der Waals surface area (Å²) >= 11 is 0. The number of nitrogens with one attached hydrogen (secondary N) is 1. The number of carbonyl (C=O) groups excluding carboxylic acids is 1. The molecule has 2 aromatic rings. The van der Waals surface area contributed by atoms with Gasteiger partial charge in [-0.3, -0.25) is 13.9 Å². The molecule has 0 bridgehead atoms. The Kier molecular flexibility index (Phi) is 8.32. The number of para-hydroxylation sites is 1. The molecule has 2 unspecified atom stereocenters. The molecule has 6 atom stereocenters. The van der Waals surface area contributed by atoms with Gasteiger partial charge in [0.25, 0.3) is 0 Å². The number of nitrogens with zero attached hydrogens (tertiary/aromatic N) is 5. The number of methoxy groups -OCH3 is 1. The summed E-state index contributed by atoms with van der Waals surface area (Å²) in [6, 6.07) is 7.86. The van der Waals surface area contributed by atoms with Crippen LogP contribution in [0.4, 0.5) is 5.82 Å². The van der Waals surface area contributed by atoms with E-state index in [1.54, 1.807) is 18.2 Å². The fourth-order valence-corrected chi connectivity index (χ4v) is 4.79. The fourth-order valence-electron chi connectivity index (χ4n) is 3.27. The molecular formula is C19H24N7O9P. The third-order valence-corrected chi connectivity index (χ3v) is 6.68. The minimum absolute atomic E-state index is 0.0912. The minimum Gasteiger partial charge on any atom is -0.468 e. The van der Waals surface area contributed by atoms with E-state index in [1.165, 1.54) is 25.1 Å². The molecule has 1 fully saturated rings. The first kappa shape index (κ1) is 27.1. The van der Waals surface area contributed by atoms with Crippen LogP contribution in [0, 0.1) is 0 Å².